The molecule has 1 aliphatic heterocycles. The predicted octanol–water partition coefficient (Wildman–Crippen LogP) is 0.997. The molecule has 2 unspecified atom stereocenters. The lowest BCUT2D eigenvalue weighted by molar-refractivity contribution is -0.125. The standard InChI is InChI=1S/C13H18N2O3/c1-13(8-18-7-11(13)14)12(16)15-9-4-3-5-10(6-9)17-2/h3-6,11H,7-8,14H2,1-2H3,(H,15,16). The SMILES string of the molecule is COc1cccc(NC(=O)C2(C)COCC2N)c1. The minimum absolute atomic E-state index is 0.124. The molecule has 1 aromatic carbocycles. The summed E-state index contributed by atoms with van der Waals surface area (Å²) in [5, 5.41) is 2.85. The van der Waals surface area contributed by atoms with Crippen LogP contribution >= 0.6 is 0 Å². The zero-order valence-electron chi connectivity index (χ0n) is 10.6. The third kappa shape index (κ3) is 2.32. The molecule has 0 saturated carbocycles. The number of rotatable bonds is 3. The van der Waals surface area contributed by atoms with Gasteiger partial charge in [-0.3, -0.25) is 4.79 Å². The van der Waals surface area contributed by atoms with E-state index in [2.05, 4.69) is 5.32 Å². The lowest BCUT2D eigenvalue weighted by Gasteiger charge is -2.25. The van der Waals surface area contributed by atoms with E-state index in [9.17, 15) is 4.79 Å². The zero-order chi connectivity index (χ0) is 13.2. The average molecular weight is 250 g/mol. The second-order valence-corrected chi connectivity index (χ2v) is 4.73. The summed E-state index contributed by atoms with van der Waals surface area (Å²) >= 11 is 0. The molecule has 0 spiro atoms. The Balaban J connectivity index is 2.11. The summed E-state index contributed by atoms with van der Waals surface area (Å²) in [6, 6.07) is 6.94. The minimum Gasteiger partial charge on any atom is -0.497 e. The largest absolute Gasteiger partial charge is 0.497 e. The van der Waals surface area contributed by atoms with Gasteiger partial charge in [0, 0.05) is 17.8 Å². The summed E-state index contributed by atoms with van der Waals surface area (Å²) in [6.07, 6.45) is 0. The molecule has 18 heavy (non-hydrogen) atoms. The highest BCUT2D eigenvalue weighted by molar-refractivity contribution is 5.96. The molecule has 5 nitrogen and oxygen atoms in total. The molecule has 1 aromatic rings. The fourth-order valence-corrected chi connectivity index (χ4v) is 1.90. The van der Waals surface area contributed by atoms with Crippen LogP contribution in [-0.4, -0.2) is 32.3 Å². The van der Waals surface area contributed by atoms with E-state index in [1.165, 1.54) is 0 Å². The Kier molecular flexibility index (Phi) is 3.54. The van der Waals surface area contributed by atoms with Crippen molar-refractivity contribution >= 4 is 11.6 Å². The molecule has 2 rings (SSSR count). The average Bonchev–Trinajstić information content (AvgIpc) is 2.71. The molecule has 1 fully saturated rings. The highest BCUT2D eigenvalue weighted by atomic mass is 16.5. The summed E-state index contributed by atoms with van der Waals surface area (Å²) in [4.78, 5) is 12.2. The lowest BCUT2D eigenvalue weighted by atomic mass is 9.85. The van der Waals surface area contributed by atoms with Gasteiger partial charge >= 0.3 is 0 Å². The topological polar surface area (TPSA) is 73.6 Å². The first-order chi connectivity index (χ1) is 8.56. The van der Waals surface area contributed by atoms with Gasteiger partial charge in [0.1, 0.15) is 5.75 Å². The molecule has 2 atom stereocenters. The number of hydrogen-bond acceptors (Lipinski definition) is 4. The lowest BCUT2D eigenvalue weighted by Crippen LogP contribution is -2.47. The van der Waals surface area contributed by atoms with Crippen LogP contribution in [-0.2, 0) is 9.53 Å². The van der Waals surface area contributed by atoms with Crippen molar-refractivity contribution in [3.8, 4) is 5.75 Å². The molecule has 1 heterocycles. The van der Waals surface area contributed by atoms with E-state index in [1.807, 2.05) is 25.1 Å². The van der Waals surface area contributed by atoms with Crippen molar-refractivity contribution in [3.63, 3.8) is 0 Å². The molecular formula is C13H18N2O3. The molecule has 3 N–H and O–H groups in total. The fourth-order valence-electron chi connectivity index (χ4n) is 1.90. The fraction of sp³-hybridized carbons (Fsp3) is 0.462. The summed E-state index contributed by atoms with van der Waals surface area (Å²) in [6.45, 7) is 2.59. The number of carbonyl (C=O) groups excluding carboxylic acids is 1. The molecule has 1 saturated heterocycles. The van der Waals surface area contributed by atoms with Crippen LogP contribution in [0.1, 0.15) is 6.92 Å². The maximum atomic E-state index is 12.2. The van der Waals surface area contributed by atoms with Crippen LogP contribution in [0.15, 0.2) is 24.3 Å². The number of ether oxygens (including phenoxy) is 2. The Morgan fingerprint density at radius 3 is 3.00 bits per heavy atom. The number of nitrogens with two attached hydrogens (primary N) is 1. The van der Waals surface area contributed by atoms with Gasteiger partial charge < -0.3 is 20.5 Å². The van der Waals surface area contributed by atoms with Crippen LogP contribution < -0.4 is 15.8 Å². The first-order valence-corrected chi connectivity index (χ1v) is 5.85. The third-order valence-corrected chi connectivity index (χ3v) is 3.36. The van der Waals surface area contributed by atoms with Gasteiger partial charge in [-0.05, 0) is 19.1 Å². The zero-order valence-corrected chi connectivity index (χ0v) is 10.6. The van der Waals surface area contributed by atoms with E-state index in [0.717, 1.165) is 0 Å². The molecule has 98 valence electrons. The molecular weight excluding hydrogens is 232 g/mol. The van der Waals surface area contributed by atoms with Crippen molar-refractivity contribution in [1.29, 1.82) is 0 Å². The van der Waals surface area contributed by atoms with E-state index in [-0.39, 0.29) is 11.9 Å². The number of benzene rings is 1. The van der Waals surface area contributed by atoms with Crippen molar-refractivity contribution in [2.75, 3.05) is 25.6 Å². The summed E-state index contributed by atoms with van der Waals surface area (Å²) in [7, 11) is 1.59. The van der Waals surface area contributed by atoms with Gasteiger partial charge in [-0.25, -0.2) is 0 Å². The smallest absolute Gasteiger partial charge is 0.234 e. The van der Waals surface area contributed by atoms with Gasteiger partial charge in [0.2, 0.25) is 5.91 Å². The third-order valence-electron chi connectivity index (χ3n) is 3.36. The first kappa shape index (κ1) is 12.9. The van der Waals surface area contributed by atoms with Crippen molar-refractivity contribution < 1.29 is 14.3 Å². The van der Waals surface area contributed by atoms with Gasteiger partial charge in [-0.1, -0.05) is 6.07 Å². The summed E-state index contributed by atoms with van der Waals surface area (Å²) < 4.78 is 10.4. The molecule has 0 bridgehead atoms. The Morgan fingerprint density at radius 2 is 2.39 bits per heavy atom. The normalized spacial score (nSPS) is 26.9. The minimum atomic E-state index is -0.678. The second kappa shape index (κ2) is 4.96. The quantitative estimate of drug-likeness (QED) is 0.839. The van der Waals surface area contributed by atoms with Crippen molar-refractivity contribution in [3.05, 3.63) is 24.3 Å². The van der Waals surface area contributed by atoms with E-state index in [1.54, 1.807) is 13.2 Å². The maximum Gasteiger partial charge on any atom is 0.234 e. The van der Waals surface area contributed by atoms with Crippen LogP contribution in [0.5, 0.6) is 5.75 Å². The monoisotopic (exact) mass is 250 g/mol. The highest BCUT2D eigenvalue weighted by Gasteiger charge is 2.44. The number of hydrogen-bond donors (Lipinski definition) is 2. The Labute approximate surface area is 106 Å². The molecule has 0 aliphatic carbocycles. The van der Waals surface area contributed by atoms with Crippen LogP contribution in [0.4, 0.5) is 5.69 Å². The number of amides is 1. The van der Waals surface area contributed by atoms with Crippen molar-refractivity contribution in [2.24, 2.45) is 11.1 Å². The van der Waals surface area contributed by atoms with Crippen LogP contribution in [0.2, 0.25) is 0 Å². The summed E-state index contributed by atoms with van der Waals surface area (Å²) in [5.41, 5.74) is 5.93. The van der Waals surface area contributed by atoms with Crippen LogP contribution in [0.25, 0.3) is 0 Å². The number of anilines is 1. The van der Waals surface area contributed by atoms with Gasteiger partial charge in [-0.2, -0.15) is 0 Å². The Morgan fingerprint density at radius 1 is 1.61 bits per heavy atom. The van der Waals surface area contributed by atoms with Crippen LogP contribution in [0.3, 0.4) is 0 Å². The Bertz CT molecular complexity index is 450. The number of carbonyl (C=O) groups is 1. The molecule has 0 aromatic heterocycles. The molecule has 0 radical (unpaired) electrons. The van der Waals surface area contributed by atoms with Gasteiger partial charge in [0.15, 0.2) is 0 Å². The summed E-state index contributed by atoms with van der Waals surface area (Å²) in [5.74, 6) is 0.575. The number of methoxy groups -OCH3 is 1. The molecule has 1 aliphatic rings. The van der Waals surface area contributed by atoms with E-state index in [0.29, 0.717) is 24.7 Å². The predicted molar refractivity (Wildman–Crippen MR) is 68.5 cm³/mol. The second-order valence-electron chi connectivity index (χ2n) is 4.73. The Hall–Kier alpha value is -1.59. The first-order valence-electron chi connectivity index (χ1n) is 5.85. The van der Waals surface area contributed by atoms with E-state index < -0.39 is 5.41 Å². The van der Waals surface area contributed by atoms with Gasteiger partial charge in [-0.15, -0.1) is 0 Å². The van der Waals surface area contributed by atoms with E-state index in [4.69, 9.17) is 15.2 Å². The van der Waals surface area contributed by atoms with Gasteiger partial charge in [0.05, 0.1) is 25.7 Å². The van der Waals surface area contributed by atoms with E-state index >= 15 is 0 Å². The van der Waals surface area contributed by atoms with Crippen LogP contribution in [0, 0.1) is 5.41 Å². The number of nitrogens with one attached hydrogen (secondary N) is 1. The maximum absolute atomic E-state index is 12.2. The van der Waals surface area contributed by atoms with Crippen molar-refractivity contribution in [2.45, 2.75) is 13.0 Å². The van der Waals surface area contributed by atoms with Crippen molar-refractivity contribution in [1.82, 2.24) is 0 Å². The highest BCUT2D eigenvalue weighted by Crippen LogP contribution is 2.29. The molecule has 1 amide bonds. The molecule has 5 heteroatoms. The van der Waals surface area contributed by atoms with Gasteiger partial charge in [0.25, 0.3) is 0 Å².